The molecule has 0 unspecified atom stereocenters. The third kappa shape index (κ3) is 3.91. The van der Waals surface area contributed by atoms with Gasteiger partial charge >= 0.3 is 0 Å². The Kier molecular flexibility index (Phi) is 3.89. The molecular formula is C10H12Br2N2O. The van der Waals surface area contributed by atoms with Crippen LogP contribution < -0.4 is 5.32 Å². The predicted octanol–water partition coefficient (Wildman–Crippen LogP) is 3.13. The smallest absolute Gasteiger partial charge is 0.271 e. The number of nitrogens with zero attached hydrogens (tertiary/aromatic N) is 1. The van der Waals surface area contributed by atoms with Crippen LogP contribution in [-0.4, -0.2) is 16.4 Å². The van der Waals surface area contributed by atoms with Gasteiger partial charge in [0.05, 0.1) is 4.47 Å². The molecule has 1 N–H and O–H groups in total. The highest BCUT2D eigenvalue weighted by molar-refractivity contribution is 9.11. The van der Waals surface area contributed by atoms with E-state index in [9.17, 15) is 4.79 Å². The monoisotopic (exact) mass is 334 g/mol. The van der Waals surface area contributed by atoms with E-state index in [2.05, 4.69) is 42.2 Å². The van der Waals surface area contributed by atoms with E-state index in [1.807, 2.05) is 20.8 Å². The first-order chi connectivity index (χ1) is 6.79. The SMILES string of the molecule is CC(C)(C)NC(=O)c1ncc(Br)cc1Br. The Bertz CT molecular complexity index is 385. The van der Waals surface area contributed by atoms with E-state index in [0.717, 1.165) is 4.47 Å². The summed E-state index contributed by atoms with van der Waals surface area (Å²) < 4.78 is 1.51. The number of pyridine rings is 1. The lowest BCUT2D eigenvalue weighted by Crippen LogP contribution is -2.41. The van der Waals surface area contributed by atoms with Crippen molar-refractivity contribution in [3.05, 3.63) is 26.9 Å². The number of carbonyl (C=O) groups is 1. The van der Waals surface area contributed by atoms with Gasteiger partial charge in [0.25, 0.3) is 5.91 Å². The average Bonchev–Trinajstić information content (AvgIpc) is 1.99. The number of halogens is 2. The first-order valence-electron chi connectivity index (χ1n) is 4.43. The Morgan fingerprint density at radius 1 is 1.40 bits per heavy atom. The van der Waals surface area contributed by atoms with Crippen molar-refractivity contribution in [2.45, 2.75) is 26.3 Å². The van der Waals surface area contributed by atoms with Crippen LogP contribution in [0.2, 0.25) is 0 Å². The van der Waals surface area contributed by atoms with Crippen molar-refractivity contribution in [3.63, 3.8) is 0 Å². The van der Waals surface area contributed by atoms with Gasteiger partial charge in [0, 0.05) is 16.2 Å². The van der Waals surface area contributed by atoms with E-state index in [1.165, 1.54) is 0 Å². The minimum Gasteiger partial charge on any atom is -0.346 e. The highest BCUT2D eigenvalue weighted by Gasteiger charge is 2.18. The number of rotatable bonds is 1. The highest BCUT2D eigenvalue weighted by Crippen LogP contribution is 2.19. The van der Waals surface area contributed by atoms with Crippen molar-refractivity contribution in [1.82, 2.24) is 10.3 Å². The number of amides is 1. The average molecular weight is 336 g/mol. The Morgan fingerprint density at radius 2 is 2.00 bits per heavy atom. The molecule has 82 valence electrons. The molecule has 3 nitrogen and oxygen atoms in total. The second-order valence-corrected chi connectivity index (χ2v) is 5.96. The summed E-state index contributed by atoms with van der Waals surface area (Å²) in [5.74, 6) is -0.179. The summed E-state index contributed by atoms with van der Waals surface area (Å²) >= 11 is 6.58. The summed E-state index contributed by atoms with van der Waals surface area (Å²) in [5.41, 5.74) is 0.138. The fourth-order valence-electron chi connectivity index (χ4n) is 0.981. The molecule has 0 atom stereocenters. The quantitative estimate of drug-likeness (QED) is 0.856. The van der Waals surface area contributed by atoms with Gasteiger partial charge in [-0.25, -0.2) is 4.98 Å². The van der Waals surface area contributed by atoms with Crippen LogP contribution in [0.3, 0.4) is 0 Å². The van der Waals surface area contributed by atoms with Crippen molar-refractivity contribution in [2.24, 2.45) is 0 Å². The molecule has 1 aromatic rings. The van der Waals surface area contributed by atoms with Gasteiger partial charge in [-0.3, -0.25) is 4.79 Å². The minimum absolute atomic E-state index is 0.179. The molecule has 0 aliphatic rings. The normalized spacial score (nSPS) is 11.3. The fourth-order valence-corrected chi connectivity index (χ4v) is 2.15. The lowest BCUT2D eigenvalue weighted by Gasteiger charge is -2.20. The highest BCUT2D eigenvalue weighted by atomic mass is 79.9. The summed E-state index contributed by atoms with van der Waals surface area (Å²) in [6, 6.07) is 1.80. The molecule has 1 aromatic heterocycles. The Labute approximate surface area is 106 Å². The molecule has 0 aromatic carbocycles. The van der Waals surface area contributed by atoms with E-state index in [4.69, 9.17) is 0 Å². The lowest BCUT2D eigenvalue weighted by atomic mass is 10.1. The molecular weight excluding hydrogens is 324 g/mol. The summed E-state index contributed by atoms with van der Waals surface area (Å²) in [7, 11) is 0. The Morgan fingerprint density at radius 3 is 2.47 bits per heavy atom. The van der Waals surface area contributed by atoms with Crippen molar-refractivity contribution >= 4 is 37.8 Å². The van der Waals surface area contributed by atoms with E-state index in [1.54, 1.807) is 12.3 Å². The van der Waals surface area contributed by atoms with Gasteiger partial charge in [-0.05, 0) is 58.7 Å². The maximum atomic E-state index is 11.8. The van der Waals surface area contributed by atoms with Gasteiger partial charge in [0.1, 0.15) is 5.69 Å². The van der Waals surface area contributed by atoms with Crippen LogP contribution in [0.1, 0.15) is 31.3 Å². The van der Waals surface area contributed by atoms with E-state index >= 15 is 0 Å². The number of hydrogen-bond donors (Lipinski definition) is 1. The minimum atomic E-state index is -0.259. The van der Waals surface area contributed by atoms with Crippen LogP contribution in [-0.2, 0) is 0 Å². The lowest BCUT2D eigenvalue weighted by molar-refractivity contribution is 0.0913. The zero-order valence-corrected chi connectivity index (χ0v) is 11.9. The number of nitrogens with one attached hydrogen (secondary N) is 1. The molecule has 0 saturated heterocycles. The first-order valence-corrected chi connectivity index (χ1v) is 6.02. The van der Waals surface area contributed by atoms with Crippen molar-refractivity contribution in [3.8, 4) is 0 Å². The summed E-state index contributed by atoms with van der Waals surface area (Å²) in [5, 5.41) is 2.85. The second-order valence-electron chi connectivity index (χ2n) is 4.19. The van der Waals surface area contributed by atoms with Gasteiger partial charge in [-0.2, -0.15) is 0 Å². The maximum Gasteiger partial charge on any atom is 0.271 e. The number of aromatic nitrogens is 1. The van der Waals surface area contributed by atoms with Crippen molar-refractivity contribution in [1.29, 1.82) is 0 Å². The molecule has 5 heteroatoms. The van der Waals surface area contributed by atoms with Crippen molar-refractivity contribution < 1.29 is 4.79 Å². The van der Waals surface area contributed by atoms with Crippen LogP contribution in [0, 0.1) is 0 Å². The first kappa shape index (κ1) is 12.6. The Balaban J connectivity index is 2.92. The molecule has 0 spiro atoms. The van der Waals surface area contributed by atoms with Gasteiger partial charge in [-0.15, -0.1) is 0 Å². The van der Waals surface area contributed by atoms with Gasteiger partial charge in [0.15, 0.2) is 0 Å². The van der Waals surface area contributed by atoms with Gasteiger partial charge in [0.2, 0.25) is 0 Å². The zero-order chi connectivity index (χ0) is 11.6. The molecule has 0 radical (unpaired) electrons. The topological polar surface area (TPSA) is 42.0 Å². The van der Waals surface area contributed by atoms with Gasteiger partial charge < -0.3 is 5.32 Å². The molecule has 0 bridgehead atoms. The summed E-state index contributed by atoms with van der Waals surface area (Å²) in [6.45, 7) is 5.78. The molecule has 1 heterocycles. The number of hydrogen-bond acceptors (Lipinski definition) is 2. The summed E-state index contributed by atoms with van der Waals surface area (Å²) in [4.78, 5) is 15.8. The molecule has 15 heavy (non-hydrogen) atoms. The van der Waals surface area contributed by atoms with E-state index in [0.29, 0.717) is 10.2 Å². The molecule has 0 fully saturated rings. The van der Waals surface area contributed by atoms with E-state index < -0.39 is 0 Å². The number of carbonyl (C=O) groups excluding carboxylic acids is 1. The van der Waals surface area contributed by atoms with E-state index in [-0.39, 0.29) is 11.4 Å². The zero-order valence-electron chi connectivity index (χ0n) is 8.77. The third-order valence-electron chi connectivity index (χ3n) is 1.51. The van der Waals surface area contributed by atoms with Crippen LogP contribution in [0.4, 0.5) is 0 Å². The second kappa shape index (κ2) is 4.61. The van der Waals surface area contributed by atoms with Crippen LogP contribution in [0.15, 0.2) is 21.2 Å². The maximum absolute atomic E-state index is 11.8. The molecule has 1 rings (SSSR count). The molecule has 0 saturated carbocycles. The van der Waals surface area contributed by atoms with Crippen molar-refractivity contribution in [2.75, 3.05) is 0 Å². The fraction of sp³-hybridized carbons (Fsp3) is 0.400. The standard InChI is InChI=1S/C10H12Br2N2O/c1-10(2,3)14-9(15)8-7(12)4-6(11)5-13-8/h4-5H,1-3H3,(H,14,15). The van der Waals surface area contributed by atoms with Crippen LogP contribution in [0.5, 0.6) is 0 Å². The van der Waals surface area contributed by atoms with Crippen LogP contribution >= 0.6 is 31.9 Å². The Hall–Kier alpha value is -0.420. The van der Waals surface area contributed by atoms with Crippen LogP contribution in [0.25, 0.3) is 0 Å². The largest absolute Gasteiger partial charge is 0.346 e. The molecule has 1 amide bonds. The molecule has 0 aliphatic carbocycles. The van der Waals surface area contributed by atoms with Gasteiger partial charge in [-0.1, -0.05) is 0 Å². The molecule has 0 aliphatic heterocycles. The predicted molar refractivity (Wildman–Crippen MR) is 66.9 cm³/mol. The third-order valence-corrected chi connectivity index (χ3v) is 2.55. The summed E-state index contributed by atoms with van der Waals surface area (Å²) in [6.07, 6.45) is 1.60.